The molecule has 5 heteroatoms. The van der Waals surface area contributed by atoms with E-state index in [1.165, 1.54) is 0 Å². The first-order valence-electron chi connectivity index (χ1n) is 7.20. The van der Waals surface area contributed by atoms with Gasteiger partial charge in [0.2, 0.25) is 0 Å². The fourth-order valence-corrected chi connectivity index (χ4v) is 3.44. The number of piperidine rings is 1. The topological polar surface area (TPSA) is 44.4 Å². The van der Waals surface area contributed by atoms with E-state index in [1.807, 2.05) is 30.0 Å². The van der Waals surface area contributed by atoms with Crippen LogP contribution in [0.15, 0.2) is 28.7 Å². The standard InChI is InChI=1S/C15H20BrN3O/c1-2-19(9-10-5-3-4-6-13(10)16)15(20)18-14-11-7-17-8-12(11)14/h3-6,11-12,14,17H,2,7-9H2,1H3,(H,18,20)/t11-,12+,14?. The second-order valence-electron chi connectivity index (χ2n) is 5.57. The number of nitrogens with zero attached hydrogens (tertiary/aromatic N) is 1. The Morgan fingerprint density at radius 3 is 2.75 bits per heavy atom. The zero-order chi connectivity index (χ0) is 14.1. The summed E-state index contributed by atoms with van der Waals surface area (Å²) in [6.45, 7) is 5.47. The third-order valence-electron chi connectivity index (χ3n) is 4.37. The Bertz CT molecular complexity index is 498. The Labute approximate surface area is 128 Å². The van der Waals surface area contributed by atoms with E-state index in [1.54, 1.807) is 0 Å². The molecule has 3 rings (SSSR count). The largest absolute Gasteiger partial charge is 0.335 e. The molecule has 1 aromatic rings. The fraction of sp³-hybridized carbons (Fsp3) is 0.533. The number of carbonyl (C=O) groups is 1. The number of rotatable bonds is 4. The zero-order valence-electron chi connectivity index (χ0n) is 11.6. The van der Waals surface area contributed by atoms with Crippen LogP contribution in [0.4, 0.5) is 4.79 Å². The molecule has 0 radical (unpaired) electrons. The Balaban J connectivity index is 1.59. The lowest BCUT2D eigenvalue weighted by Crippen LogP contribution is -2.42. The highest BCUT2D eigenvalue weighted by Crippen LogP contribution is 2.41. The first kappa shape index (κ1) is 13.9. The predicted octanol–water partition coefficient (Wildman–Crippen LogP) is 2.20. The van der Waals surface area contributed by atoms with E-state index in [9.17, 15) is 4.79 Å². The summed E-state index contributed by atoms with van der Waals surface area (Å²) in [6, 6.07) is 8.50. The van der Waals surface area contributed by atoms with Crippen molar-refractivity contribution in [1.29, 1.82) is 0 Å². The summed E-state index contributed by atoms with van der Waals surface area (Å²) in [7, 11) is 0. The number of fused-ring (bicyclic) bond motifs is 1. The average molecular weight is 338 g/mol. The number of hydrogen-bond donors (Lipinski definition) is 2. The van der Waals surface area contributed by atoms with Crippen LogP contribution in [0.5, 0.6) is 0 Å². The first-order chi connectivity index (χ1) is 9.70. The fourth-order valence-electron chi connectivity index (χ4n) is 3.03. The molecule has 1 saturated carbocycles. The Hall–Kier alpha value is -1.07. The summed E-state index contributed by atoms with van der Waals surface area (Å²) in [6.07, 6.45) is 0. The lowest BCUT2D eigenvalue weighted by molar-refractivity contribution is 0.196. The van der Waals surface area contributed by atoms with Gasteiger partial charge in [-0.3, -0.25) is 0 Å². The summed E-state index contributed by atoms with van der Waals surface area (Å²) in [5.41, 5.74) is 1.14. The molecule has 2 fully saturated rings. The highest BCUT2D eigenvalue weighted by molar-refractivity contribution is 9.10. The molecule has 4 nitrogen and oxygen atoms in total. The maximum absolute atomic E-state index is 12.4. The molecule has 1 aliphatic heterocycles. The maximum Gasteiger partial charge on any atom is 0.317 e. The molecule has 3 atom stereocenters. The summed E-state index contributed by atoms with van der Waals surface area (Å²) >= 11 is 3.54. The summed E-state index contributed by atoms with van der Waals surface area (Å²) in [4.78, 5) is 14.2. The minimum atomic E-state index is 0.0580. The van der Waals surface area contributed by atoms with Crippen molar-refractivity contribution in [3.63, 3.8) is 0 Å². The zero-order valence-corrected chi connectivity index (χ0v) is 13.2. The second kappa shape index (κ2) is 5.74. The highest BCUT2D eigenvalue weighted by Gasteiger charge is 2.53. The Morgan fingerprint density at radius 2 is 2.10 bits per heavy atom. The molecule has 1 unspecified atom stereocenters. The third kappa shape index (κ3) is 2.69. The lowest BCUT2D eigenvalue weighted by atomic mass is 10.2. The van der Waals surface area contributed by atoms with Crippen LogP contribution in [-0.2, 0) is 6.54 Å². The van der Waals surface area contributed by atoms with Gasteiger partial charge in [0.1, 0.15) is 0 Å². The maximum atomic E-state index is 12.4. The third-order valence-corrected chi connectivity index (χ3v) is 5.14. The molecular weight excluding hydrogens is 318 g/mol. The van der Waals surface area contributed by atoms with Crippen LogP contribution >= 0.6 is 15.9 Å². The van der Waals surface area contributed by atoms with Gasteiger partial charge in [-0.2, -0.15) is 0 Å². The molecule has 0 aromatic heterocycles. The van der Waals surface area contributed by atoms with Gasteiger partial charge in [-0.15, -0.1) is 0 Å². The van der Waals surface area contributed by atoms with E-state index in [2.05, 4.69) is 32.6 Å². The van der Waals surface area contributed by atoms with E-state index in [4.69, 9.17) is 0 Å². The summed E-state index contributed by atoms with van der Waals surface area (Å²) in [5.74, 6) is 1.31. The number of urea groups is 1. The van der Waals surface area contributed by atoms with E-state index >= 15 is 0 Å². The molecule has 1 heterocycles. The van der Waals surface area contributed by atoms with Gasteiger partial charge in [0.15, 0.2) is 0 Å². The molecule has 0 spiro atoms. The van der Waals surface area contributed by atoms with Crippen molar-refractivity contribution in [2.75, 3.05) is 19.6 Å². The minimum Gasteiger partial charge on any atom is -0.335 e. The van der Waals surface area contributed by atoms with Gasteiger partial charge in [-0.1, -0.05) is 34.1 Å². The molecule has 108 valence electrons. The van der Waals surface area contributed by atoms with Crippen LogP contribution in [0.2, 0.25) is 0 Å². The van der Waals surface area contributed by atoms with Gasteiger partial charge in [0.05, 0.1) is 0 Å². The number of benzene rings is 1. The van der Waals surface area contributed by atoms with Crippen molar-refractivity contribution >= 4 is 22.0 Å². The minimum absolute atomic E-state index is 0.0580. The van der Waals surface area contributed by atoms with E-state index < -0.39 is 0 Å². The van der Waals surface area contributed by atoms with Crippen molar-refractivity contribution in [2.45, 2.75) is 19.5 Å². The molecule has 2 aliphatic rings. The number of halogens is 1. The first-order valence-corrected chi connectivity index (χ1v) is 7.99. The Kier molecular flexibility index (Phi) is 3.98. The lowest BCUT2D eigenvalue weighted by Gasteiger charge is -2.22. The summed E-state index contributed by atoms with van der Waals surface area (Å²) < 4.78 is 1.05. The van der Waals surface area contributed by atoms with Crippen LogP contribution in [0, 0.1) is 11.8 Å². The molecular formula is C15H20BrN3O. The van der Waals surface area contributed by atoms with Gasteiger partial charge >= 0.3 is 6.03 Å². The van der Waals surface area contributed by atoms with Crippen LogP contribution in [0.1, 0.15) is 12.5 Å². The number of hydrogen-bond acceptors (Lipinski definition) is 2. The second-order valence-corrected chi connectivity index (χ2v) is 6.42. The SMILES string of the molecule is CCN(Cc1ccccc1Br)C(=O)NC1[C@H]2CNC[C@@H]12. The van der Waals surface area contributed by atoms with E-state index in [0.717, 1.165) is 23.1 Å². The van der Waals surface area contributed by atoms with Crippen molar-refractivity contribution in [2.24, 2.45) is 11.8 Å². The quantitative estimate of drug-likeness (QED) is 0.884. The molecule has 1 aromatic carbocycles. The van der Waals surface area contributed by atoms with Gasteiger partial charge in [-0.25, -0.2) is 4.79 Å². The van der Waals surface area contributed by atoms with Gasteiger partial charge in [0, 0.05) is 36.7 Å². The average Bonchev–Trinajstić information content (AvgIpc) is 2.88. The number of carbonyl (C=O) groups excluding carboxylic acids is 1. The van der Waals surface area contributed by atoms with Crippen LogP contribution in [-0.4, -0.2) is 36.6 Å². The molecule has 0 bridgehead atoms. The van der Waals surface area contributed by atoms with Crippen molar-refractivity contribution < 1.29 is 4.79 Å². The van der Waals surface area contributed by atoms with Gasteiger partial charge in [0.25, 0.3) is 0 Å². The monoisotopic (exact) mass is 337 g/mol. The van der Waals surface area contributed by atoms with Crippen molar-refractivity contribution in [3.05, 3.63) is 34.3 Å². The molecule has 20 heavy (non-hydrogen) atoms. The Morgan fingerprint density at radius 1 is 1.40 bits per heavy atom. The van der Waals surface area contributed by atoms with E-state index in [0.29, 0.717) is 31.0 Å². The smallest absolute Gasteiger partial charge is 0.317 e. The highest BCUT2D eigenvalue weighted by atomic mass is 79.9. The van der Waals surface area contributed by atoms with Crippen LogP contribution in [0.3, 0.4) is 0 Å². The van der Waals surface area contributed by atoms with Crippen LogP contribution in [0.25, 0.3) is 0 Å². The number of amides is 2. The molecule has 2 N–H and O–H groups in total. The van der Waals surface area contributed by atoms with Crippen molar-refractivity contribution in [3.8, 4) is 0 Å². The molecule has 1 saturated heterocycles. The van der Waals surface area contributed by atoms with E-state index in [-0.39, 0.29) is 6.03 Å². The van der Waals surface area contributed by atoms with Crippen LogP contribution < -0.4 is 10.6 Å². The summed E-state index contributed by atoms with van der Waals surface area (Å²) in [5, 5.41) is 6.52. The van der Waals surface area contributed by atoms with Gasteiger partial charge < -0.3 is 15.5 Å². The molecule has 2 amide bonds. The van der Waals surface area contributed by atoms with Crippen molar-refractivity contribution in [1.82, 2.24) is 15.5 Å². The normalized spacial score (nSPS) is 27.0. The van der Waals surface area contributed by atoms with Gasteiger partial charge in [-0.05, 0) is 30.4 Å². The molecule has 1 aliphatic carbocycles. The predicted molar refractivity (Wildman–Crippen MR) is 82.4 cm³/mol. The number of nitrogens with one attached hydrogen (secondary N) is 2.